The first-order chi connectivity index (χ1) is 5.02. The number of rotatable bonds is 0. The molecule has 1 N–H and O–H groups in total. The smallest absolute Gasteiger partial charge is 0.289 e. The van der Waals surface area contributed by atoms with Crippen LogP contribution in [0.1, 0.15) is 25.7 Å². The molecule has 1 unspecified atom stereocenters. The number of aliphatic hydroxyl groups is 1. The van der Waals surface area contributed by atoms with E-state index in [0.29, 0.717) is 12.8 Å². The normalized spacial score (nSPS) is 36.2. The Bertz CT molecular complexity index is 199. The Hall–Kier alpha value is -0.690. The maximum Gasteiger partial charge on any atom is 0.289 e. The predicted molar refractivity (Wildman–Crippen MR) is 34.0 cm³/mol. The maximum absolute atomic E-state index is 12.8. The lowest BCUT2D eigenvalue weighted by Gasteiger charge is -2.33. The molecule has 1 saturated carbocycles. The van der Waals surface area contributed by atoms with Gasteiger partial charge in [-0.2, -0.15) is 5.26 Å². The second kappa shape index (κ2) is 2.42. The van der Waals surface area contributed by atoms with Gasteiger partial charge in [0.25, 0.3) is 5.92 Å². The largest absolute Gasteiger partial charge is 0.370 e. The minimum Gasteiger partial charge on any atom is -0.370 e. The lowest BCUT2D eigenvalue weighted by atomic mass is 9.82. The highest BCUT2D eigenvalue weighted by Crippen LogP contribution is 2.40. The lowest BCUT2D eigenvalue weighted by Crippen LogP contribution is -2.49. The molecule has 0 aromatic carbocycles. The van der Waals surface area contributed by atoms with Crippen molar-refractivity contribution in [1.82, 2.24) is 0 Å². The van der Waals surface area contributed by atoms with Crippen LogP contribution in [0.25, 0.3) is 0 Å². The Morgan fingerprint density at radius 3 is 2.18 bits per heavy atom. The third-order valence-corrected chi connectivity index (χ3v) is 2.07. The van der Waals surface area contributed by atoms with Crippen LogP contribution in [0.5, 0.6) is 0 Å². The van der Waals surface area contributed by atoms with E-state index < -0.39 is 11.5 Å². The fraction of sp³-hybridized carbons (Fsp3) is 0.857. The summed E-state index contributed by atoms with van der Waals surface area (Å²) < 4.78 is 25.6. The van der Waals surface area contributed by atoms with Crippen molar-refractivity contribution < 1.29 is 13.9 Å². The zero-order valence-electron chi connectivity index (χ0n) is 5.98. The quantitative estimate of drug-likeness (QED) is 0.546. The predicted octanol–water partition coefficient (Wildman–Crippen LogP) is 1.45. The molecule has 1 aliphatic carbocycles. The molecular formula is C7H9F2NO. The van der Waals surface area contributed by atoms with E-state index in [-0.39, 0.29) is 12.8 Å². The number of nitrogens with zero attached hydrogens (tertiary/aromatic N) is 1. The molecule has 1 rings (SSSR count). The average Bonchev–Trinajstić information content (AvgIpc) is 1.95. The zero-order chi connectivity index (χ0) is 8.54. The van der Waals surface area contributed by atoms with E-state index in [1.807, 2.05) is 0 Å². The van der Waals surface area contributed by atoms with Gasteiger partial charge in [-0.15, -0.1) is 0 Å². The van der Waals surface area contributed by atoms with Crippen molar-refractivity contribution in [1.29, 1.82) is 5.26 Å². The average molecular weight is 161 g/mol. The van der Waals surface area contributed by atoms with Crippen molar-refractivity contribution in [2.24, 2.45) is 0 Å². The molecule has 11 heavy (non-hydrogen) atoms. The van der Waals surface area contributed by atoms with Crippen molar-refractivity contribution in [2.75, 3.05) is 0 Å². The Morgan fingerprint density at radius 2 is 1.82 bits per heavy atom. The molecule has 2 nitrogen and oxygen atoms in total. The summed E-state index contributed by atoms with van der Waals surface area (Å²) in [6.07, 6.45) is 0.393. The van der Waals surface area contributed by atoms with E-state index in [1.54, 1.807) is 0 Å². The van der Waals surface area contributed by atoms with Gasteiger partial charge in [-0.3, -0.25) is 0 Å². The Morgan fingerprint density at radius 1 is 1.27 bits per heavy atom. The van der Waals surface area contributed by atoms with Crippen LogP contribution in [0, 0.1) is 11.3 Å². The second-order valence-electron chi connectivity index (χ2n) is 2.88. The van der Waals surface area contributed by atoms with Crippen molar-refractivity contribution in [3.8, 4) is 6.07 Å². The van der Waals surface area contributed by atoms with E-state index in [0.717, 1.165) is 0 Å². The molecule has 1 atom stereocenters. The summed E-state index contributed by atoms with van der Waals surface area (Å²) in [5.74, 6) is -3.22. The summed E-state index contributed by atoms with van der Waals surface area (Å²) in [7, 11) is 0. The first-order valence-electron chi connectivity index (χ1n) is 3.53. The van der Waals surface area contributed by atoms with E-state index in [4.69, 9.17) is 10.4 Å². The van der Waals surface area contributed by atoms with Crippen LogP contribution >= 0.6 is 0 Å². The molecule has 0 bridgehead atoms. The van der Waals surface area contributed by atoms with E-state index >= 15 is 0 Å². The molecule has 0 heterocycles. The molecule has 0 spiro atoms. The summed E-state index contributed by atoms with van der Waals surface area (Å²) in [6, 6.07) is 1.28. The van der Waals surface area contributed by atoms with Crippen LogP contribution in [0.15, 0.2) is 0 Å². The summed E-state index contributed by atoms with van der Waals surface area (Å²) in [6.45, 7) is 0. The minimum absolute atomic E-state index is 0.115. The molecule has 0 saturated heterocycles. The highest BCUT2D eigenvalue weighted by Gasteiger charge is 2.54. The van der Waals surface area contributed by atoms with Crippen LogP contribution in [-0.4, -0.2) is 16.6 Å². The molecule has 0 aromatic heterocycles. The van der Waals surface area contributed by atoms with Crippen LogP contribution in [0.2, 0.25) is 0 Å². The van der Waals surface area contributed by atoms with Crippen LogP contribution in [0.4, 0.5) is 8.78 Å². The van der Waals surface area contributed by atoms with Gasteiger partial charge in [0.2, 0.25) is 5.60 Å². The molecule has 62 valence electrons. The summed E-state index contributed by atoms with van der Waals surface area (Å²) in [5.41, 5.74) is -2.41. The van der Waals surface area contributed by atoms with Gasteiger partial charge in [-0.25, -0.2) is 8.78 Å². The fourth-order valence-corrected chi connectivity index (χ4v) is 1.26. The number of nitriles is 1. The second-order valence-corrected chi connectivity index (χ2v) is 2.88. The van der Waals surface area contributed by atoms with Gasteiger partial charge in [-0.05, 0) is 19.3 Å². The molecule has 0 aliphatic heterocycles. The maximum atomic E-state index is 12.8. The SMILES string of the molecule is N#CC1(O)CCCCC1(F)F. The summed E-state index contributed by atoms with van der Waals surface area (Å²) >= 11 is 0. The van der Waals surface area contributed by atoms with Crippen molar-refractivity contribution in [3.05, 3.63) is 0 Å². The molecule has 1 fully saturated rings. The molecule has 0 aromatic rings. The summed E-state index contributed by atoms with van der Waals surface area (Å²) in [5, 5.41) is 17.4. The molecule has 1 aliphatic rings. The Kier molecular flexibility index (Phi) is 1.85. The highest BCUT2D eigenvalue weighted by molar-refractivity contribution is 5.11. The number of hydrogen-bond donors (Lipinski definition) is 1. The van der Waals surface area contributed by atoms with Gasteiger partial charge in [0, 0.05) is 6.42 Å². The third-order valence-electron chi connectivity index (χ3n) is 2.07. The fourth-order valence-electron chi connectivity index (χ4n) is 1.26. The minimum atomic E-state index is -3.22. The highest BCUT2D eigenvalue weighted by atomic mass is 19.3. The number of alkyl halides is 2. The van der Waals surface area contributed by atoms with Gasteiger partial charge >= 0.3 is 0 Å². The third kappa shape index (κ3) is 1.21. The van der Waals surface area contributed by atoms with Crippen molar-refractivity contribution >= 4 is 0 Å². The number of hydrogen-bond acceptors (Lipinski definition) is 2. The Balaban J connectivity index is 2.85. The van der Waals surface area contributed by atoms with Crippen molar-refractivity contribution in [2.45, 2.75) is 37.2 Å². The molecular weight excluding hydrogens is 152 g/mol. The first kappa shape index (κ1) is 8.41. The van der Waals surface area contributed by atoms with Gasteiger partial charge in [0.15, 0.2) is 0 Å². The molecule has 0 radical (unpaired) electrons. The molecule has 0 amide bonds. The number of halogens is 2. The van der Waals surface area contributed by atoms with Crippen molar-refractivity contribution in [3.63, 3.8) is 0 Å². The molecule has 4 heteroatoms. The van der Waals surface area contributed by atoms with Crippen LogP contribution < -0.4 is 0 Å². The topological polar surface area (TPSA) is 44.0 Å². The van der Waals surface area contributed by atoms with Crippen LogP contribution in [0.3, 0.4) is 0 Å². The lowest BCUT2D eigenvalue weighted by molar-refractivity contribution is -0.171. The standard InChI is InChI=1S/C7H9F2NO/c8-7(9)4-2-1-3-6(7,11)5-10/h11H,1-4H2. The van der Waals surface area contributed by atoms with E-state index in [9.17, 15) is 8.78 Å². The Labute approximate surface area is 63.4 Å². The van der Waals surface area contributed by atoms with E-state index in [1.165, 1.54) is 6.07 Å². The monoisotopic (exact) mass is 161 g/mol. The van der Waals surface area contributed by atoms with Gasteiger partial charge in [0.1, 0.15) is 6.07 Å². The first-order valence-corrected chi connectivity index (χ1v) is 3.53. The van der Waals surface area contributed by atoms with Gasteiger partial charge in [0.05, 0.1) is 0 Å². The zero-order valence-corrected chi connectivity index (χ0v) is 5.98. The van der Waals surface area contributed by atoms with Gasteiger partial charge < -0.3 is 5.11 Å². The summed E-state index contributed by atoms with van der Waals surface area (Å²) in [4.78, 5) is 0. The van der Waals surface area contributed by atoms with Gasteiger partial charge in [-0.1, -0.05) is 0 Å². The van der Waals surface area contributed by atoms with Crippen LogP contribution in [-0.2, 0) is 0 Å². The van der Waals surface area contributed by atoms with E-state index in [2.05, 4.69) is 0 Å².